The molecule has 0 atom stereocenters. The molecule has 2 aromatic rings. The van der Waals surface area contributed by atoms with Gasteiger partial charge in [0.2, 0.25) is 0 Å². The highest BCUT2D eigenvalue weighted by Gasteiger charge is 2.05. The Hall–Kier alpha value is -2.30. The van der Waals surface area contributed by atoms with Gasteiger partial charge in [-0.25, -0.2) is 0 Å². The van der Waals surface area contributed by atoms with E-state index in [-0.39, 0.29) is 5.91 Å². The molecule has 0 aliphatic heterocycles. The van der Waals surface area contributed by atoms with Gasteiger partial charge in [0.25, 0.3) is 5.91 Å². The van der Waals surface area contributed by atoms with E-state index in [1.54, 1.807) is 35.1 Å². The lowest BCUT2D eigenvalue weighted by Crippen LogP contribution is -2.26. The summed E-state index contributed by atoms with van der Waals surface area (Å²) in [5, 5.41) is 6.94. The van der Waals surface area contributed by atoms with Crippen molar-refractivity contribution >= 4 is 11.6 Å². The van der Waals surface area contributed by atoms with Crippen molar-refractivity contribution in [2.45, 2.75) is 6.42 Å². The van der Waals surface area contributed by atoms with E-state index in [4.69, 9.17) is 5.73 Å². The quantitative estimate of drug-likeness (QED) is 0.787. The van der Waals surface area contributed by atoms with Crippen LogP contribution in [0.25, 0.3) is 0 Å². The average Bonchev–Trinajstić information content (AvgIpc) is 2.76. The topological polar surface area (TPSA) is 72.9 Å². The zero-order valence-electron chi connectivity index (χ0n) is 10.3. The van der Waals surface area contributed by atoms with Crippen LogP contribution < -0.4 is 11.1 Å². The minimum atomic E-state index is -0.0860. The maximum absolute atomic E-state index is 11.8. The van der Waals surface area contributed by atoms with Gasteiger partial charge in [0, 0.05) is 43.2 Å². The number of nitrogens with one attached hydrogen (secondary N) is 1. The monoisotopic (exact) mass is 244 g/mol. The first kappa shape index (κ1) is 12.2. The van der Waals surface area contributed by atoms with Gasteiger partial charge < -0.3 is 11.1 Å². The third-order valence-corrected chi connectivity index (χ3v) is 2.76. The second kappa shape index (κ2) is 5.35. The molecule has 0 saturated heterocycles. The fourth-order valence-corrected chi connectivity index (χ4v) is 1.69. The van der Waals surface area contributed by atoms with Crippen LogP contribution in [0.15, 0.2) is 36.5 Å². The van der Waals surface area contributed by atoms with Crippen molar-refractivity contribution < 1.29 is 4.79 Å². The molecule has 2 rings (SSSR count). The maximum atomic E-state index is 11.8. The van der Waals surface area contributed by atoms with Gasteiger partial charge in [-0.15, -0.1) is 0 Å². The van der Waals surface area contributed by atoms with Gasteiger partial charge in [-0.2, -0.15) is 5.10 Å². The van der Waals surface area contributed by atoms with Crippen LogP contribution in [0.1, 0.15) is 16.1 Å². The summed E-state index contributed by atoms with van der Waals surface area (Å²) in [4.78, 5) is 11.8. The predicted octanol–water partition coefficient (Wildman–Crippen LogP) is 0.975. The second-order valence-electron chi connectivity index (χ2n) is 4.07. The highest BCUT2D eigenvalue weighted by atomic mass is 16.1. The molecule has 1 aromatic carbocycles. The Morgan fingerprint density at radius 2 is 2.06 bits per heavy atom. The Labute approximate surface area is 106 Å². The summed E-state index contributed by atoms with van der Waals surface area (Å²) in [5.74, 6) is -0.0860. The summed E-state index contributed by atoms with van der Waals surface area (Å²) in [6, 6.07) is 8.81. The molecule has 5 nitrogen and oxygen atoms in total. The zero-order chi connectivity index (χ0) is 13.0. The van der Waals surface area contributed by atoms with Crippen LogP contribution in [0.2, 0.25) is 0 Å². The fraction of sp³-hybridized carbons (Fsp3) is 0.231. The lowest BCUT2D eigenvalue weighted by Gasteiger charge is -2.05. The summed E-state index contributed by atoms with van der Waals surface area (Å²) < 4.78 is 1.80. The molecule has 0 radical (unpaired) electrons. The van der Waals surface area contributed by atoms with E-state index in [1.807, 2.05) is 13.1 Å². The van der Waals surface area contributed by atoms with Crippen LogP contribution in [0, 0.1) is 0 Å². The van der Waals surface area contributed by atoms with E-state index in [1.165, 1.54) is 0 Å². The first-order valence-electron chi connectivity index (χ1n) is 5.77. The number of carbonyl (C=O) groups excluding carboxylic acids is 1. The number of nitrogens with zero attached hydrogens (tertiary/aromatic N) is 2. The van der Waals surface area contributed by atoms with E-state index in [0.717, 1.165) is 12.1 Å². The normalized spacial score (nSPS) is 10.3. The standard InChI is InChI=1S/C13H16N4O/c1-17-12(7-9-16-17)6-8-15-13(18)10-2-4-11(14)5-3-10/h2-5,7,9H,6,8,14H2,1H3,(H,15,18). The minimum absolute atomic E-state index is 0.0860. The number of hydrogen-bond donors (Lipinski definition) is 2. The summed E-state index contributed by atoms with van der Waals surface area (Å²) in [6.45, 7) is 0.586. The molecular weight excluding hydrogens is 228 g/mol. The van der Waals surface area contributed by atoms with Crippen molar-refractivity contribution in [2.75, 3.05) is 12.3 Å². The van der Waals surface area contributed by atoms with Crippen LogP contribution in [0.4, 0.5) is 5.69 Å². The molecule has 1 aromatic heterocycles. The highest BCUT2D eigenvalue weighted by molar-refractivity contribution is 5.94. The number of carbonyl (C=O) groups is 1. The van der Waals surface area contributed by atoms with Gasteiger partial charge in [0.1, 0.15) is 0 Å². The van der Waals surface area contributed by atoms with Gasteiger partial charge in [-0.3, -0.25) is 9.48 Å². The minimum Gasteiger partial charge on any atom is -0.399 e. The SMILES string of the molecule is Cn1nccc1CCNC(=O)c1ccc(N)cc1. The Morgan fingerprint density at radius 3 is 2.67 bits per heavy atom. The molecule has 18 heavy (non-hydrogen) atoms. The molecular formula is C13H16N4O. The number of amides is 1. The molecule has 1 heterocycles. The molecule has 5 heteroatoms. The number of nitrogens with two attached hydrogens (primary N) is 1. The summed E-state index contributed by atoms with van der Waals surface area (Å²) in [7, 11) is 1.89. The predicted molar refractivity (Wildman–Crippen MR) is 70.1 cm³/mol. The van der Waals surface area contributed by atoms with E-state index in [9.17, 15) is 4.79 Å². The van der Waals surface area contributed by atoms with Gasteiger partial charge in [0.15, 0.2) is 0 Å². The van der Waals surface area contributed by atoms with E-state index in [2.05, 4.69) is 10.4 Å². The average molecular weight is 244 g/mol. The van der Waals surface area contributed by atoms with E-state index in [0.29, 0.717) is 17.8 Å². The van der Waals surface area contributed by atoms with Crippen LogP contribution in [-0.2, 0) is 13.5 Å². The third-order valence-electron chi connectivity index (χ3n) is 2.76. The molecule has 0 bridgehead atoms. The summed E-state index contributed by atoms with van der Waals surface area (Å²) in [6.07, 6.45) is 2.51. The molecule has 0 fully saturated rings. The number of rotatable bonds is 4. The molecule has 0 spiro atoms. The maximum Gasteiger partial charge on any atom is 0.251 e. The Balaban J connectivity index is 1.85. The first-order chi connectivity index (χ1) is 8.66. The molecule has 94 valence electrons. The largest absolute Gasteiger partial charge is 0.399 e. The van der Waals surface area contributed by atoms with Crippen LogP contribution in [-0.4, -0.2) is 22.2 Å². The van der Waals surface area contributed by atoms with Crippen LogP contribution in [0.3, 0.4) is 0 Å². The number of hydrogen-bond acceptors (Lipinski definition) is 3. The van der Waals surface area contributed by atoms with E-state index < -0.39 is 0 Å². The Bertz CT molecular complexity index is 530. The lowest BCUT2D eigenvalue weighted by molar-refractivity contribution is 0.0954. The molecule has 0 aliphatic carbocycles. The summed E-state index contributed by atoms with van der Waals surface area (Å²) in [5.41, 5.74) is 7.93. The first-order valence-corrected chi connectivity index (χ1v) is 5.77. The van der Waals surface area contributed by atoms with Crippen molar-refractivity contribution in [3.05, 3.63) is 47.8 Å². The number of nitrogen functional groups attached to an aromatic ring is 1. The Kier molecular flexibility index (Phi) is 3.62. The van der Waals surface area contributed by atoms with Crippen molar-refractivity contribution in [1.29, 1.82) is 0 Å². The number of benzene rings is 1. The Morgan fingerprint density at radius 1 is 1.33 bits per heavy atom. The van der Waals surface area contributed by atoms with Gasteiger partial charge in [-0.1, -0.05) is 0 Å². The van der Waals surface area contributed by atoms with Crippen LogP contribution >= 0.6 is 0 Å². The van der Waals surface area contributed by atoms with Crippen LogP contribution in [0.5, 0.6) is 0 Å². The van der Waals surface area contributed by atoms with Gasteiger partial charge >= 0.3 is 0 Å². The second-order valence-corrected chi connectivity index (χ2v) is 4.07. The highest BCUT2D eigenvalue weighted by Crippen LogP contribution is 2.05. The molecule has 1 amide bonds. The number of aryl methyl sites for hydroxylation is 1. The molecule has 0 unspecified atom stereocenters. The number of aromatic nitrogens is 2. The van der Waals surface area contributed by atoms with Gasteiger partial charge in [0.05, 0.1) is 0 Å². The van der Waals surface area contributed by atoms with E-state index >= 15 is 0 Å². The van der Waals surface area contributed by atoms with Crippen molar-refractivity contribution in [1.82, 2.24) is 15.1 Å². The molecule has 3 N–H and O–H groups in total. The summed E-state index contributed by atoms with van der Waals surface area (Å²) >= 11 is 0. The fourth-order valence-electron chi connectivity index (χ4n) is 1.69. The molecule has 0 aliphatic rings. The smallest absolute Gasteiger partial charge is 0.251 e. The van der Waals surface area contributed by atoms with Crippen molar-refractivity contribution in [3.8, 4) is 0 Å². The number of anilines is 1. The third kappa shape index (κ3) is 2.88. The lowest BCUT2D eigenvalue weighted by atomic mass is 10.2. The van der Waals surface area contributed by atoms with Crippen molar-refractivity contribution in [3.63, 3.8) is 0 Å². The zero-order valence-corrected chi connectivity index (χ0v) is 10.3. The molecule has 0 saturated carbocycles. The van der Waals surface area contributed by atoms with Gasteiger partial charge in [-0.05, 0) is 30.3 Å². The van der Waals surface area contributed by atoms with Crippen molar-refractivity contribution in [2.24, 2.45) is 7.05 Å².